The van der Waals surface area contributed by atoms with Gasteiger partial charge in [0, 0.05) is 37.9 Å². The van der Waals surface area contributed by atoms with Crippen molar-refractivity contribution in [3.8, 4) is 5.75 Å². The van der Waals surface area contributed by atoms with Crippen LogP contribution in [-0.2, 0) is 0 Å². The van der Waals surface area contributed by atoms with Crippen molar-refractivity contribution in [1.29, 1.82) is 0 Å². The van der Waals surface area contributed by atoms with Crippen LogP contribution in [0.5, 0.6) is 5.75 Å². The van der Waals surface area contributed by atoms with Crippen molar-refractivity contribution < 1.29 is 19.0 Å². The Kier molecular flexibility index (Phi) is 3.64. The highest BCUT2D eigenvalue weighted by molar-refractivity contribution is 5.66. The molecule has 1 fully saturated rings. The summed E-state index contributed by atoms with van der Waals surface area (Å²) in [6.45, 7) is 1.81. The van der Waals surface area contributed by atoms with Crippen molar-refractivity contribution in [2.45, 2.75) is 0 Å². The van der Waals surface area contributed by atoms with Crippen LogP contribution in [0.1, 0.15) is 0 Å². The van der Waals surface area contributed by atoms with Crippen LogP contribution in [0.4, 0.5) is 20.6 Å². The fourth-order valence-corrected chi connectivity index (χ4v) is 2.09. The van der Waals surface area contributed by atoms with Crippen LogP contribution in [0.25, 0.3) is 0 Å². The molecule has 0 radical (unpaired) electrons. The van der Waals surface area contributed by atoms with Crippen LogP contribution in [0.15, 0.2) is 12.1 Å². The third-order valence-corrected chi connectivity index (χ3v) is 3.21. The molecular weight excluding hydrogens is 253 g/mol. The van der Waals surface area contributed by atoms with Crippen LogP contribution in [0.2, 0.25) is 0 Å². The summed E-state index contributed by atoms with van der Waals surface area (Å²) >= 11 is 0. The molecule has 0 unspecified atom stereocenters. The second-order valence-electron chi connectivity index (χ2n) is 4.30. The summed E-state index contributed by atoms with van der Waals surface area (Å²) in [6, 6.07) is 3.00. The SMILES string of the molecule is COc1cc(N2CCN(C(=O)O)CC2)cc(F)c1N. The molecule has 0 spiro atoms. The van der Waals surface area contributed by atoms with E-state index in [0.29, 0.717) is 31.9 Å². The number of rotatable bonds is 2. The number of carboxylic acid groups (broad SMARTS) is 1. The lowest BCUT2D eigenvalue weighted by atomic mass is 10.2. The zero-order valence-corrected chi connectivity index (χ0v) is 10.6. The van der Waals surface area contributed by atoms with Crippen molar-refractivity contribution >= 4 is 17.5 Å². The highest BCUT2D eigenvalue weighted by Gasteiger charge is 2.22. The van der Waals surface area contributed by atoms with E-state index in [9.17, 15) is 9.18 Å². The minimum absolute atomic E-state index is 0.0181. The molecule has 19 heavy (non-hydrogen) atoms. The summed E-state index contributed by atoms with van der Waals surface area (Å²) in [5.74, 6) is -0.245. The van der Waals surface area contributed by atoms with E-state index in [1.807, 2.05) is 4.90 Å². The number of benzene rings is 1. The Morgan fingerprint density at radius 1 is 1.37 bits per heavy atom. The second kappa shape index (κ2) is 5.21. The van der Waals surface area contributed by atoms with E-state index < -0.39 is 11.9 Å². The van der Waals surface area contributed by atoms with Gasteiger partial charge in [0.1, 0.15) is 11.4 Å². The molecule has 3 N–H and O–H groups in total. The van der Waals surface area contributed by atoms with Crippen LogP contribution in [0, 0.1) is 5.82 Å². The molecule has 1 amide bonds. The van der Waals surface area contributed by atoms with Gasteiger partial charge in [-0.25, -0.2) is 9.18 Å². The molecule has 1 aliphatic heterocycles. The number of nitrogen functional groups attached to an aromatic ring is 1. The highest BCUT2D eigenvalue weighted by Crippen LogP contribution is 2.31. The van der Waals surface area contributed by atoms with Gasteiger partial charge in [-0.05, 0) is 6.07 Å². The zero-order valence-electron chi connectivity index (χ0n) is 10.6. The molecule has 0 bridgehead atoms. The Labute approximate surface area is 110 Å². The molecular formula is C12H16FN3O3. The molecule has 2 rings (SSSR count). The molecule has 1 aliphatic rings. The minimum atomic E-state index is -0.930. The molecule has 7 heteroatoms. The number of hydrogen-bond donors (Lipinski definition) is 2. The van der Waals surface area contributed by atoms with E-state index in [-0.39, 0.29) is 11.4 Å². The van der Waals surface area contributed by atoms with E-state index in [0.717, 1.165) is 0 Å². The van der Waals surface area contributed by atoms with E-state index >= 15 is 0 Å². The topological polar surface area (TPSA) is 79.0 Å². The maximum Gasteiger partial charge on any atom is 0.407 e. The Morgan fingerprint density at radius 2 is 2.00 bits per heavy atom. The minimum Gasteiger partial charge on any atom is -0.494 e. The molecule has 1 heterocycles. The first-order valence-electron chi connectivity index (χ1n) is 5.88. The monoisotopic (exact) mass is 269 g/mol. The van der Waals surface area contributed by atoms with Crippen molar-refractivity contribution in [1.82, 2.24) is 4.90 Å². The fourth-order valence-electron chi connectivity index (χ4n) is 2.09. The number of methoxy groups -OCH3 is 1. The van der Waals surface area contributed by atoms with Crippen molar-refractivity contribution in [2.75, 3.05) is 43.9 Å². The van der Waals surface area contributed by atoms with Gasteiger partial charge in [0.25, 0.3) is 0 Å². The first kappa shape index (κ1) is 13.3. The van der Waals surface area contributed by atoms with Gasteiger partial charge in [-0.15, -0.1) is 0 Å². The van der Waals surface area contributed by atoms with Crippen LogP contribution in [0.3, 0.4) is 0 Å². The van der Waals surface area contributed by atoms with Crippen LogP contribution >= 0.6 is 0 Å². The number of carbonyl (C=O) groups is 1. The molecule has 104 valence electrons. The average molecular weight is 269 g/mol. The normalized spacial score (nSPS) is 15.5. The Morgan fingerprint density at radius 3 is 2.53 bits per heavy atom. The molecule has 6 nitrogen and oxygen atoms in total. The lowest BCUT2D eigenvalue weighted by molar-refractivity contribution is 0.142. The summed E-state index contributed by atoms with van der Waals surface area (Å²) in [5, 5.41) is 8.87. The maximum atomic E-state index is 13.7. The number of halogens is 1. The summed E-state index contributed by atoms with van der Waals surface area (Å²) in [7, 11) is 1.43. The third kappa shape index (κ3) is 2.64. The van der Waals surface area contributed by atoms with E-state index in [4.69, 9.17) is 15.6 Å². The Balaban J connectivity index is 2.15. The van der Waals surface area contributed by atoms with Crippen LogP contribution in [-0.4, -0.2) is 49.4 Å². The quantitative estimate of drug-likeness (QED) is 0.789. The molecule has 0 atom stereocenters. The van der Waals surface area contributed by atoms with Crippen LogP contribution < -0.4 is 15.4 Å². The van der Waals surface area contributed by atoms with E-state index in [1.54, 1.807) is 6.07 Å². The summed E-state index contributed by atoms with van der Waals surface area (Å²) in [5.41, 5.74) is 6.18. The number of hydrogen-bond acceptors (Lipinski definition) is 4. The summed E-state index contributed by atoms with van der Waals surface area (Å²) in [4.78, 5) is 14.0. The van der Waals surface area contributed by atoms with Gasteiger partial charge < -0.3 is 25.4 Å². The largest absolute Gasteiger partial charge is 0.494 e. The van der Waals surface area contributed by atoms with Gasteiger partial charge in [0.2, 0.25) is 0 Å². The van der Waals surface area contributed by atoms with E-state index in [2.05, 4.69) is 0 Å². The number of nitrogens with zero attached hydrogens (tertiary/aromatic N) is 2. The van der Waals surface area contributed by atoms with Crippen molar-refractivity contribution in [2.24, 2.45) is 0 Å². The Bertz CT molecular complexity index is 487. The lowest BCUT2D eigenvalue weighted by Gasteiger charge is -2.34. The standard InChI is InChI=1S/C12H16FN3O3/c1-19-10-7-8(6-9(13)11(10)14)15-2-4-16(5-3-15)12(17)18/h6-7H,2-5,14H2,1H3,(H,17,18). The fraction of sp³-hybridized carbons (Fsp3) is 0.417. The highest BCUT2D eigenvalue weighted by atomic mass is 19.1. The predicted molar refractivity (Wildman–Crippen MR) is 69.2 cm³/mol. The van der Waals surface area contributed by atoms with Gasteiger partial charge in [0.05, 0.1) is 7.11 Å². The first-order chi connectivity index (χ1) is 9.02. The third-order valence-electron chi connectivity index (χ3n) is 3.21. The molecule has 0 aliphatic carbocycles. The lowest BCUT2D eigenvalue weighted by Crippen LogP contribution is -2.48. The number of amides is 1. The molecule has 1 saturated heterocycles. The molecule has 0 saturated carbocycles. The number of piperazine rings is 1. The smallest absolute Gasteiger partial charge is 0.407 e. The summed E-state index contributed by atoms with van der Waals surface area (Å²) < 4.78 is 18.7. The predicted octanol–water partition coefficient (Wildman–Crippen LogP) is 1.22. The van der Waals surface area contributed by atoms with Crippen molar-refractivity contribution in [3.05, 3.63) is 17.9 Å². The van der Waals surface area contributed by atoms with E-state index in [1.165, 1.54) is 18.1 Å². The van der Waals surface area contributed by atoms with Crippen molar-refractivity contribution in [3.63, 3.8) is 0 Å². The maximum absolute atomic E-state index is 13.7. The molecule has 1 aromatic rings. The second-order valence-corrected chi connectivity index (χ2v) is 4.30. The first-order valence-corrected chi connectivity index (χ1v) is 5.88. The molecule has 0 aromatic heterocycles. The van der Waals surface area contributed by atoms with Gasteiger partial charge in [-0.2, -0.15) is 0 Å². The van der Waals surface area contributed by atoms with Gasteiger partial charge in [-0.3, -0.25) is 0 Å². The number of ether oxygens (including phenoxy) is 1. The Hall–Kier alpha value is -2.18. The number of nitrogens with two attached hydrogens (primary N) is 1. The van der Waals surface area contributed by atoms with Gasteiger partial charge >= 0.3 is 6.09 Å². The molecule has 1 aromatic carbocycles. The average Bonchev–Trinajstić information content (AvgIpc) is 2.41. The summed E-state index contributed by atoms with van der Waals surface area (Å²) in [6.07, 6.45) is -0.930. The number of anilines is 2. The zero-order chi connectivity index (χ0) is 14.0. The van der Waals surface area contributed by atoms with Gasteiger partial charge in [-0.1, -0.05) is 0 Å². The van der Waals surface area contributed by atoms with Gasteiger partial charge in [0.15, 0.2) is 5.82 Å².